The highest BCUT2D eigenvalue weighted by Gasteiger charge is 2.02. The molecule has 0 aliphatic carbocycles. The molecule has 0 aliphatic heterocycles. The van der Waals surface area contributed by atoms with Crippen molar-refractivity contribution in [2.75, 3.05) is 6.61 Å². The van der Waals surface area contributed by atoms with Gasteiger partial charge in [-0.3, -0.25) is 0 Å². The van der Waals surface area contributed by atoms with Gasteiger partial charge in [-0.25, -0.2) is 0 Å². The molecule has 0 aromatic heterocycles. The Bertz CT molecular complexity index is 277. The summed E-state index contributed by atoms with van der Waals surface area (Å²) in [6, 6.07) is 8.09. The molecule has 0 radical (unpaired) electrons. The lowest BCUT2D eigenvalue weighted by Crippen LogP contribution is -2.06. The number of hydrogen-bond acceptors (Lipinski definition) is 2. The molecule has 0 amide bonds. The normalized spacial score (nSPS) is 12.9. The molecule has 2 nitrogen and oxygen atoms in total. The summed E-state index contributed by atoms with van der Waals surface area (Å²) < 4.78 is 5.55. The lowest BCUT2D eigenvalue weighted by atomic mass is 10.0. The highest BCUT2D eigenvalue weighted by atomic mass is 16.5. The van der Waals surface area contributed by atoms with Crippen LogP contribution < -0.4 is 4.74 Å². The van der Waals surface area contributed by atoms with E-state index in [0.717, 1.165) is 12.2 Å². The maximum atomic E-state index is 8.94. The predicted molar refractivity (Wildman–Crippen MR) is 62.2 cm³/mol. The first kappa shape index (κ1) is 12.1. The lowest BCUT2D eigenvalue weighted by molar-refractivity contribution is 0.236. The molecule has 0 heterocycles. The van der Waals surface area contributed by atoms with E-state index < -0.39 is 0 Å². The van der Waals surface area contributed by atoms with Crippen molar-refractivity contribution in [3.63, 3.8) is 0 Å². The number of aliphatic hydroxyl groups excluding tert-OH is 1. The molecule has 0 bridgehead atoms. The molecule has 0 saturated carbocycles. The maximum absolute atomic E-state index is 8.94. The molecule has 1 N–H and O–H groups in total. The van der Waals surface area contributed by atoms with Gasteiger partial charge in [0, 0.05) is 6.61 Å². The average Bonchev–Trinajstić information content (AvgIpc) is 2.20. The van der Waals surface area contributed by atoms with Crippen LogP contribution in [0.3, 0.4) is 0 Å². The van der Waals surface area contributed by atoms with E-state index >= 15 is 0 Å². The van der Waals surface area contributed by atoms with Crippen LogP contribution in [-0.4, -0.2) is 17.8 Å². The minimum absolute atomic E-state index is 0.215. The first-order chi connectivity index (χ1) is 7.11. The van der Waals surface area contributed by atoms with Gasteiger partial charge in [0.25, 0.3) is 0 Å². The van der Waals surface area contributed by atoms with E-state index in [0.29, 0.717) is 5.92 Å². The van der Waals surface area contributed by atoms with Crippen LogP contribution in [0.5, 0.6) is 5.75 Å². The monoisotopic (exact) mass is 208 g/mol. The van der Waals surface area contributed by atoms with Crippen molar-refractivity contribution in [1.82, 2.24) is 0 Å². The van der Waals surface area contributed by atoms with Gasteiger partial charge in [-0.15, -0.1) is 0 Å². The summed E-state index contributed by atoms with van der Waals surface area (Å²) in [6.07, 6.45) is 1.13. The topological polar surface area (TPSA) is 29.5 Å². The van der Waals surface area contributed by atoms with Gasteiger partial charge in [0.15, 0.2) is 0 Å². The molecule has 1 aromatic carbocycles. The highest BCUT2D eigenvalue weighted by molar-refractivity contribution is 5.27. The summed E-state index contributed by atoms with van der Waals surface area (Å²) >= 11 is 0. The molecule has 0 fully saturated rings. The Morgan fingerprint density at radius 1 is 1.13 bits per heavy atom. The van der Waals surface area contributed by atoms with E-state index in [2.05, 4.69) is 12.1 Å². The van der Waals surface area contributed by atoms with Crippen molar-refractivity contribution < 1.29 is 9.84 Å². The van der Waals surface area contributed by atoms with Crippen LogP contribution in [0.2, 0.25) is 0 Å². The van der Waals surface area contributed by atoms with Crippen molar-refractivity contribution in [3.05, 3.63) is 29.8 Å². The van der Waals surface area contributed by atoms with E-state index in [1.165, 1.54) is 5.56 Å². The van der Waals surface area contributed by atoms with Crippen molar-refractivity contribution in [3.8, 4) is 5.75 Å². The number of ether oxygens (including phenoxy) is 1. The molecule has 0 aliphatic rings. The third-order valence-corrected chi connectivity index (χ3v) is 2.19. The summed E-state index contributed by atoms with van der Waals surface area (Å²) in [5.74, 6) is 1.23. The Morgan fingerprint density at radius 2 is 1.73 bits per heavy atom. The number of rotatable bonds is 5. The third kappa shape index (κ3) is 4.34. The highest BCUT2D eigenvalue weighted by Crippen LogP contribution is 2.16. The van der Waals surface area contributed by atoms with Gasteiger partial charge in [-0.05, 0) is 43.9 Å². The summed E-state index contributed by atoms with van der Waals surface area (Å²) in [5.41, 5.74) is 1.24. The van der Waals surface area contributed by atoms with E-state index in [9.17, 15) is 0 Å². The van der Waals surface area contributed by atoms with Crippen LogP contribution in [0.25, 0.3) is 0 Å². The fraction of sp³-hybridized carbons (Fsp3) is 0.538. The van der Waals surface area contributed by atoms with Gasteiger partial charge < -0.3 is 9.84 Å². The molecule has 1 atom stereocenters. The van der Waals surface area contributed by atoms with E-state index in [-0.39, 0.29) is 12.7 Å². The Balaban J connectivity index is 2.56. The molecule has 1 rings (SSSR count). The summed E-state index contributed by atoms with van der Waals surface area (Å²) in [4.78, 5) is 0. The minimum atomic E-state index is 0.215. The van der Waals surface area contributed by atoms with E-state index in [1.54, 1.807) is 0 Å². The molecule has 0 spiro atoms. The number of aliphatic hydroxyl groups is 1. The fourth-order valence-corrected chi connectivity index (χ4v) is 1.44. The van der Waals surface area contributed by atoms with Crippen molar-refractivity contribution in [2.24, 2.45) is 5.92 Å². The zero-order valence-corrected chi connectivity index (χ0v) is 9.73. The van der Waals surface area contributed by atoms with Crippen LogP contribution >= 0.6 is 0 Å². The van der Waals surface area contributed by atoms with Crippen molar-refractivity contribution in [2.45, 2.75) is 33.3 Å². The third-order valence-electron chi connectivity index (χ3n) is 2.19. The zero-order chi connectivity index (χ0) is 11.3. The smallest absolute Gasteiger partial charge is 0.119 e. The second kappa shape index (κ2) is 5.76. The van der Waals surface area contributed by atoms with Crippen LogP contribution in [-0.2, 0) is 6.42 Å². The van der Waals surface area contributed by atoms with Gasteiger partial charge in [0.05, 0.1) is 6.10 Å². The molecule has 15 heavy (non-hydrogen) atoms. The first-order valence-electron chi connectivity index (χ1n) is 5.48. The first-order valence-corrected chi connectivity index (χ1v) is 5.48. The number of benzene rings is 1. The van der Waals surface area contributed by atoms with Gasteiger partial charge in [-0.1, -0.05) is 19.1 Å². The fourth-order valence-electron chi connectivity index (χ4n) is 1.44. The van der Waals surface area contributed by atoms with Gasteiger partial charge in [0.2, 0.25) is 0 Å². The molecular formula is C13H20O2. The number of hydrogen-bond donors (Lipinski definition) is 1. The standard InChI is InChI=1S/C13H20O2/c1-10(2)15-13-6-4-12(5-7-13)8-11(3)9-14/h4-7,10-11,14H,8-9H2,1-3H3. The zero-order valence-electron chi connectivity index (χ0n) is 9.73. The van der Waals surface area contributed by atoms with Crippen molar-refractivity contribution in [1.29, 1.82) is 0 Å². The van der Waals surface area contributed by atoms with E-state index in [4.69, 9.17) is 9.84 Å². The minimum Gasteiger partial charge on any atom is -0.491 e. The molecular weight excluding hydrogens is 188 g/mol. The Hall–Kier alpha value is -1.02. The van der Waals surface area contributed by atoms with E-state index in [1.807, 2.05) is 32.9 Å². The average molecular weight is 208 g/mol. The molecule has 1 unspecified atom stereocenters. The van der Waals surface area contributed by atoms with Gasteiger partial charge >= 0.3 is 0 Å². The lowest BCUT2D eigenvalue weighted by Gasteiger charge is -2.11. The predicted octanol–water partition coefficient (Wildman–Crippen LogP) is 2.64. The summed E-state index contributed by atoms with van der Waals surface area (Å²) in [5, 5.41) is 8.94. The molecule has 84 valence electrons. The van der Waals surface area contributed by atoms with Crippen LogP contribution in [0.4, 0.5) is 0 Å². The van der Waals surface area contributed by atoms with Gasteiger partial charge in [-0.2, -0.15) is 0 Å². The van der Waals surface area contributed by atoms with Crippen LogP contribution in [0.1, 0.15) is 26.3 Å². The van der Waals surface area contributed by atoms with Crippen LogP contribution in [0, 0.1) is 5.92 Å². The Kier molecular flexibility index (Phi) is 4.63. The Morgan fingerprint density at radius 3 is 2.20 bits per heavy atom. The Labute approximate surface area is 91.9 Å². The summed E-state index contributed by atoms with van der Waals surface area (Å²) in [6.45, 7) is 6.31. The molecule has 2 heteroatoms. The van der Waals surface area contributed by atoms with Gasteiger partial charge in [0.1, 0.15) is 5.75 Å². The summed E-state index contributed by atoms with van der Waals surface area (Å²) in [7, 11) is 0. The maximum Gasteiger partial charge on any atom is 0.119 e. The largest absolute Gasteiger partial charge is 0.491 e. The van der Waals surface area contributed by atoms with Crippen molar-refractivity contribution >= 4 is 0 Å². The quantitative estimate of drug-likeness (QED) is 0.806. The SMILES string of the molecule is CC(CO)Cc1ccc(OC(C)C)cc1. The second-order valence-electron chi connectivity index (χ2n) is 4.30. The molecule has 1 aromatic rings. The molecule has 0 saturated heterocycles. The second-order valence-corrected chi connectivity index (χ2v) is 4.30. The van der Waals surface area contributed by atoms with Crippen LogP contribution in [0.15, 0.2) is 24.3 Å².